The molecular weight excluding hydrogens is 468 g/mol. The van der Waals surface area contributed by atoms with Gasteiger partial charge in [0.05, 0.1) is 5.69 Å². The van der Waals surface area contributed by atoms with Gasteiger partial charge in [-0.05, 0) is 34.0 Å². The molecule has 0 bridgehead atoms. The first-order valence-corrected chi connectivity index (χ1v) is 11.9. The maximum absolute atomic E-state index is 13.5. The van der Waals surface area contributed by atoms with Gasteiger partial charge >= 0.3 is 5.69 Å². The zero-order valence-electron chi connectivity index (χ0n) is 19.9. The SMILES string of the molecule is CCc1nc2[nH]c(=O)n(-c3ccccc3)c(=O)c2n1Cc1ccc(-c2ccccc2-c2nn[nH]n2)cc1. The van der Waals surface area contributed by atoms with Gasteiger partial charge < -0.3 is 4.57 Å². The number of hydrogen-bond donors (Lipinski definition) is 2. The summed E-state index contributed by atoms with van der Waals surface area (Å²) >= 11 is 0. The van der Waals surface area contributed by atoms with E-state index >= 15 is 0 Å². The molecule has 6 aromatic rings. The Bertz CT molecular complexity index is 1820. The lowest BCUT2D eigenvalue weighted by atomic mass is 9.98. The smallest absolute Gasteiger partial charge is 0.318 e. The van der Waals surface area contributed by atoms with Crippen molar-refractivity contribution in [1.82, 2.24) is 39.7 Å². The van der Waals surface area contributed by atoms with Crippen molar-refractivity contribution in [2.75, 3.05) is 0 Å². The largest absolute Gasteiger partial charge is 0.334 e. The standard InChI is InChI=1S/C27H22N8O2/c1-2-22-28-25-23(26(36)35(27(37)29-25)19-8-4-3-5-9-19)34(22)16-17-12-14-18(15-13-17)20-10-6-7-11-21(20)24-30-32-33-31-24/h3-15H,2,16H2,1H3,(H,29,37)(H,30,31,32,33). The molecule has 3 heterocycles. The normalized spacial score (nSPS) is 11.3. The summed E-state index contributed by atoms with van der Waals surface area (Å²) in [5.74, 6) is 1.25. The third kappa shape index (κ3) is 3.94. The second-order valence-electron chi connectivity index (χ2n) is 8.55. The Balaban J connectivity index is 1.41. The summed E-state index contributed by atoms with van der Waals surface area (Å²) in [5.41, 5.74) is 4.12. The summed E-state index contributed by atoms with van der Waals surface area (Å²) in [4.78, 5) is 33.6. The van der Waals surface area contributed by atoms with Crippen molar-refractivity contribution in [3.05, 3.63) is 111 Å². The van der Waals surface area contributed by atoms with E-state index < -0.39 is 11.2 Å². The van der Waals surface area contributed by atoms with E-state index in [4.69, 9.17) is 0 Å². The molecule has 0 radical (unpaired) electrons. The lowest BCUT2D eigenvalue weighted by Gasteiger charge is -2.11. The number of nitrogens with zero attached hydrogens (tertiary/aromatic N) is 6. The molecule has 0 aliphatic carbocycles. The molecule has 0 fully saturated rings. The number of tetrazole rings is 1. The molecule has 0 saturated heterocycles. The first kappa shape index (κ1) is 22.4. The van der Waals surface area contributed by atoms with Gasteiger partial charge in [0.1, 0.15) is 5.82 Å². The number of H-pyrrole nitrogens is 2. The molecule has 0 aliphatic heterocycles. The number of para-hydroxylation sites is 1. The predicted molar refractivity (Wildman–Crippen MR) is 139 cm³/mol. The molecule has 37 heavy (non-hydrogen) atoms. The van der Waals surface area contributed by atoms with Crippen molar-refractivity contribution in [1.29, 1.82) is 0 Å². The van der Waals surface area contributed by atoms with Gasteiger partial charge in [-0.3, -0.25) is 9.78 Å². The van der Waals surface area contributed by atoms with E-state index in [9.17, 15) is 9.59 Å². The molecule has 2 N–H and O–H groups in total. The van der Waals surface area contributed by atoms with E-state index in [1.165, 1.54) is 0 Å². The van der Waals surface area contributed by atoms with Gasteiger partial charge in [0.2, 0.25) is 5.82 Å². The Morgan fingerprint density at radius 1 is 0.865 bits per heavy atom. The minimum atomic E-state index is -0.513. The quantitative estimate of drug-likeness (QED) is 0.369. The van der Waals surface area contributed by atoms with Crippen LogP contribution < -0.4 is 11.2 Å². The molecule has 10 heteroatoms. The number of aromatic nitrogens is 8. The van der Waals surface area contributed by atoms with E-state index in [-0.39, 0.29) is 0 Å². The number of hydrogen-bond acceptors (Lipinski definition) is 6. The second kappa shape index (κ2) is 9.15. The highest BCUT2D eigenvalue weighted by molar-refractivity contribution is 5.80. The van der Waals surface area contributed by atoms with Gasteiger partial charge in [-0.2, -0.15) is 5.21 Å². The summed E-state index contributed by atoms with van der Waals surface area (Å²) in [5, 5.41) is 14.4. The molecule has 10 nitrogen and oxygen atoms in total. The molecule has 6 rings (SSSR count). The van der Waals surface area contributed by atoms with Gasteiger partial charge in [0.15, 0.2) is 11.2 Å². The van der Waals surface area contributed by atoms with Crippen molar-refractivity contribution in [2.45, 2.75) is 19.9 Å². The second-order valence-corrected chi connectivity index (χ2v) is 8.55. The highest BCUT2D eigenvalue weighted by Gasteiger charge is 2.18. The number of rotatable bonds is 6. The molecule has 0 atom stereocenters. The fourth-order valence-corrected chi connectivity index (χ4v) is 4.59. The third-order valence-electron chi connectivity index (χ3n) is 6.33. The zero-order chi connectivity index (χ0) is 25.4. The third-order valence-corrected chi connectivity index (χ3v) is 6.33. The summed E-state index contributed by atoms with van der Waals surface area (Å²) in [7, 11) is 0. The average Bonchev–Trinajstić information content (AvgIpc) is 3.58. The van der Waals surface area contributed by atoms with Crippen LogP contribution in [0.1, 0.15) is 18.3 Å². The molecule has 3 aromatic carbocycles. The van der Waals surface area contributed by atoms with E-state index in [2.05, 4.69) is 30.6 Å². The van der Waals surface area contributed by atoms with Crippen LogP contribution >= 0.6 is 0 Å². The number of aryl methyl sites for hydroxylation is 1. The molecule has 0 unspecified atom stereocenters. The van der Waals surface area contributed by atoms with E-state index in [1.807, 2.05) is 66.1 Å². The Morgan fingerprint density at radius 3 is 2.30 bits per heavy atom. The van der Waals surface area contributed by atoms with Crippen molar-refractivity contribution >= 4 is 11.2 Å². The topological polar surface area (TPSA) is 127 Å². The van der Waals surface area contributed by atoms with Crippen LogP contribution in [0, 0.1) is 0 Å². The van der Waals surface area contributed by atoms with E-state index in [0.717, 1.165) is 32.6 Å². The Kier molecular flexibility index (Phi) is 5.53. The molecule has 0 spiro atoms. The van der Waals surface area contributed by atoms with Gasteiger partial charge in [-0.1, -0.05) is 73.7 Å². The first-order chi connectivity index (χ1) is 18.1. The lowest BCUT2D eigenvalue weighted by molar-refractivity contribution is 0.747. The monoisotopic (exact) mass is 490 g/mol. The fraction of sp³-hybridized carbons (Fsp3) is 0.111. The van der Waals surface area contributed by atoms with Crippen LogP contribution in [-0.2, 0) is 13.0 Å². The Labute approximate surface area is 210 Å². The van der Waals surface area contributed by atoms with Crippen LogP contribution in [0.5, 0.6) is 0 Å². The average molecular weight is 491 g/mol. The summed E-state index contributed by atoms with van der Waals surface area (Å²) in [6.07, 6.45) is 0.609. The van der Waals surface area contributed by atoms with Crippen molar-refractivity contribution in [3.8, 4) is 28.2 Å². The minimum absolute atomic E-state index is 0.296. The number of imidazole rings is 1. The lowest BCUT2D eigenvalue weighted by Crippen LogP contribution is -2.34. The van der Waals surface area contributed by atoms with Crippen molar-refractivity contribution < 1.29 is 0 Å². The number of benzene rings is 3. The van der Waals surface area contributed by atoms with Gasteiger partial charge in [-0.15, -0.1) is 10.2 Å². The molecule has 3 aromatic heterocycles. The van der Waals surface area contributed by atoms with Gasteiger partial charge in [-0.25, -0.2) is 14.3 Å². The first-order valence-electron chi connectivity index (χ1n) is 11.9. The predicted octanol–water partition coefficient (Wildman–Crippen LogP) is 3.33. The molecule has 0 aliphatic rings. The summed E-state index contributed by atoms with van der Waals surface area (Å²) in [6, 6.07) is 24.9. The van der Waals surface area contributed by atoms with Crippen molar-refractivity contribution in [2.24, 2.45) is 0 Å². The summed E-state index contributed by atoms with van der Waals surface area (Å²) < 4.78 is 3.03. The minimum Gasteiger partial charge on any atom is -0.318 e. The molecule has 182 valence electrons. The maximum atomic E-state index is 13.5. The Hall–Kier alpha value is -5.12. The van der Waals surface area contributed by atoms with Gasteiger partial charge in [0.25, 0.3) is 5.56 Å². The number of aromatic amines is 2. The summed E-state index contributed by atoms with van der Waals surface area (Å²) in [6.45, 7) is 2.41. The highest BCUT2D eigenvalue weighted by Crippen LogP contribution is 2.30. The zero-order valence-corrected chi connectivity index (χ0v) is 19.9. The van der Waals surface area contributed by atoms with E-state index in [1.54, 1.807) is 24.3 Å². The molecule has 0 amide bonds. The van der Waals surface area contributed by atoms with Crippen LogP contribution in [0.25, 0.3) is 39.4 Å². The fourth-order valence-electron chi connectivity index (χ4n) is 4.59. The Morgan fingerprint density at radius 2 is 1.59 bits per heavy atom. The van der Waals surface area contributed by atoms with Crippen LogP contribution in [-0.4, -0.2) is 39.7 Å². The molecule has 0 saturated carbocycles. The number of fused-ring (bicyclic) bond motifs is 1. The van der Waals surface area contributed by atoms with Crippen LogP contribution in [0.4, 0.5) is 0 Å². The molecular formula is C27H22N8O2. The van der Waals surface area contributed by atoms with Crippen LogP contribution in [0.3, 0.4) is 0 Å². The van der Waals surface area contributed by atoms with Crippen LogP contribution in [0.2, 0.25) is 0 Å². The van der Waals surface area contributed by atoms with E-state index in [0.29, 0.717) is 35.6 Å². The van der Waals surface area contributed by atoms with Crippen LogP contribution in [0.15, 0.2) is 88.5 Å². The number of nitrogens with one attached hydrogen (secondary N) is 2. The maximum Gasteiger partial charge on any atom is 0.334 e. The highest BCUT2D eigenvalue weighted by atomic mass is 16.2. The van der Waals surface area contributed by atoms with Crippen molar-refractivity contribution in [3.63, 3.8) is 0 Å². The van der Waals surface area contributed by atoms with Gasteiger partial charge in [0, 0.05) is 18.5 Å².